The van der Waals surface area contributed by atoms with Gasteiger partial charge in [0.25, 0.3) is 0 Å². The van der Waals surface area contributed by atoms with Gasteiger partial charge in [0, 0.05) is 28.3 Å². The number of aromatic nitrogens is 2. The first-order valence-electron chi connectivity index (χ1n) is 5.88. The van der Waals surface area contributed by atoms with E-state index in [0.717, 1.165) is 11.3 Å². The smallest absolute Gasteiger partial charge is 0.161 e. The van der Waals surface area contributed by atoms with Gasteiger partial charge in [0.15, 0.2) is 5.82 Å². The van der Waals surface area contributed by atoms with E-state index in [0.29, 0.717) is 22.6 Å². The quantitative estimate of drug-likeness (QED) is 0.658. The molecule has 5 heteroatoms. The number of benzene rings is 1. The van der Waals surface area contributed by atoms with Gasteiger partial charge in [-0.05, 0) is 25.0 Å². The maximum absolute atomic E-state index is 5.99. The highest BCUT2D eigenvalue weighted by molar-refractivity contribution is 6.30. The molecule has 0 radical (unpaired) electrons. The van der Waals surface area contributed by atoms with Crippen molar-refractivity contribution in [3.05, 3.63) is 41.0 Å². The SMILES string of the molecule is NNc1cc(C2CC2)nc(-c2cccc(Cl)c2)n1. The number of rotatable bonds is 3. The van der Waals surface area contributed by atoms with Gasteiger partial charge in [-0.3, -0.25) is 0 Å². The lowest BCUT2D eigenvalue weighted by Gasteiger charge is -2.07. The molecule has 1 saturated carbocycles. The van der Waals surface area contributed by atoms with E-state index in [1.165, 1.54) is 12.8 Å². The van der Waals surface area contributed by atoms with E-state index in [1.807, 2.05) is 30.3 Å². The van der Waals surface area contributed by atoms with Gasteiger partial charge >= 0.3 is 0 Å². The molecule has 1 aliphatic rings. The molecule has 0 saturated heterocycles. The van der Waals surface area contributed by atoms with Crippen LogP contribution in [0.5, 0.6) is 0 Å². The zero-order chi connectivity index (χ0) is 12.5. The Morgan fingerprint density at radius 1 is 1.22 bits per heavy atom. The fourth-order valence-electron chi connectivity index (χ4n) is 1.88. The molecule has 1 fully saturated rings. The number of halogens is 1. The molecule has 4 nitrogen and oxygen atoms in total. The second-order valence-electron chi connectivity index (χ2n) is 4.43. The van der Waals surface area contributed by atoms with E-state index < -0.39 is 0 Å². The van der Waals surface area contributed by atoms with Gasteiger partial charge in [0.2, 0.25) is 0 Å². The normalized spacial score (nSPS) is 14.6. The Hall–Kier alpha value is -1.65. The summed E-state index contributed by atoms with van der Waals surface area (Å²) in [4.78, 5) is 8.96. The molecule has 0 atom stereocenters. The van der Waals surface area contributed by atoms with Crippen LogP contribution in [0.4, 0.5) is 5.82 Å². The first-order chi connectivity index (χ1) is 8.76. The Kier molecular flexibility index (Phi) is 2.89. The zero-order valence-corrected chi connectivity index (χ0v) is 10.5. The van der Waals surface area contributed by atoms with E-state index in [1.54, 1.807) is 0 Å². The molecule has 0 bridgehead atoms. The summed E-state index contributed by atoms with van der Waals surface area (Å²) in [6.07, 6.45) is 2.38. The molecule has 1 aromatic heterocycles. The van der Waals surface area contributed by atoms with Gasteiger partial charge in [0.1, 0.15) is 5.82 Å². The van der Waals surface area contributed by atoms with Crippen LogP contribution < -0.4 is 11.3 Å². The van der Waals surface area contributed by atoms with Crippen LogP contribution >= 0.6 is 11.6 Å². The molecule has 2 aromatic rings. The molecule has 1 aromatic carbocycles. The molecule has 3 rings (SSSR count). The summed E-state index contributed by atoms with van der Waals surface area (Å²) in [5.41, 5.74) is 4.54. The van der Waals surface area contributed by atoms with E-state index in [4.69, 9.17) is 17.4 Å². The van der Waals surface area contributed by atoms with Crippen molar-refractivity contribution in [2.24, 2.45) is 5.84 Å². The second-order valence-corrected chi connectivity index (χ2v) is 4.87. The minimum absolute atomic E-state index is 0.554. The number of nitrogen functional groups attached to an aromatic ring is 1. The molecule has 1 heterocycles. The molecule has 0 amide bonds. The summed E-state index contributed by atoms with van der Waals surface area (Å²) in [6, 6.07) is 9.43. The third-order valence-electron chi connectivity index (χ3n) is 2.97. The number of nitrogens with zero attached hydrogens (tertiary/aromatic N) is 2. The summed E-state index contributed by atoms with van der Waals surface area (Å²) in [5.74, 6) is 7.31. The fraction of sp³-hybridized carbons (Fsp3) is 0.231. The zero-order valence-electron chi connectivity index (χ0n) is 9.73. The summed E-state index contributed by atoms with van der Waals surface area (Å²) in [7, 11) is 0. The van der Waals surface area contributed by atoms with Crippen molar-refractivity contribution >= 4 is 17.4 Å². The standard InChI is InChI=1S/C13H13ClN4/c14-10-3-1-2-9(6-10)13-16-11(8-4-5-8)7-12(17-13)18-15/h1-3,6-8H,4-5,15H2,(H,16,17,18). The van der Waals surface area contributed by atoms with E-state index in [9.17, 15) is 0 Å². The van der Waals surface area contributed by atoms with Gasteiger partial charge in [-0.15, -0.1) is 0 Å². The number of hydrogen-bond acceptors (Lipinski definition) is 4. The number of nitrogens with one attached hydrogen (secondary N) is 1. The average molecular weight is 261 g/mol. The van der Waals surface area contributed by atoms with Gasteiger partial charge in [-0.1, -0.05) is 23.7 Å². The van der Waals surface area contributed by atoms with Crippen molar-refractivity contribution in [3.8, 4) is 11.4 Å². The van der Waals surface area contributed by atoms with Gasteiger partial charge in [-0.2, -0.15) is 0 Å². The molecule has 92 valence electrons. The Balaban J connectivity index is 2.07. The molecule has 3 N–H and O–H groups in total. The average Bonchev–Trinajstić information content (AvgIpc) is 3.22. The molecule has 0 unspecified atom stereocenters. The van der Waals surface area contributed by atoms with Gasteiger partial charge in [0.05, 0.1) is 0 Å². The van der Waals surface area contributed by atoms with Crippen LogP contribution in [0.3, 0.4) is 0 Å². The van der Waals surface area contributed by atoms with E-state index in [2.05, 4.69) is 15.4 Å². The Bertz CT molecular complexity index is 581. The first kappa shape index (κ1) is 11.4. The highest BCUT2D eigenvalue weighted by Crippen LogP contribution is 2.40. The van der Waals surface area contributed by atoms with E-state index >= 15 is 0 Å². The molecular weight excluding hydrogens is 248 g/mol. The minimum atomic E-state index is 0.554. The Morgan fingerprint density at radius 2 is 2.06 bits per heavy atom. The lowest BCUT2D eigenvalue weighted by molar-refractivity contribution is 0.991. The van der Waals surface area contributed by atoms with Gasteiger partial charge < -0.3 is 5.43 Å². The van der Waals surface area contributed by atoms with Crippen molar-refractivity contribution < 1.29 is 0 Å². The Morgan fingerprint density at radius 3 is 2.72 bits per heavy atom. The molecule has 0 spiro atoms. The predicted molar refractivity (Wildman–Crippen MR) is 72.3 cm³/mol. The van der Waals surface area contributed by atoms with Crippen LogP contribution in [0.15, 0.2) is 30.3 Å². The summed E-state index contributed by atoms with van der Waals surface area (Å²) in [6.45, 7) is 0. The number of hydrazine groups is 1. The highest BCUT2D eigenvalue weighted by Gasteiger charge is 2.26. The summed E-state index contributed by atoms with van der Waals surface area (Å²) in [5, 5.41) is 0.676. The molecular formula is C13H13ClN4. The highest BCUT2D eigenvalue weighted by atomic mass is 35.5. The predicted octanol–water partition coefficient (Wildman–Crippen LogP) is 2.96. The lowest BCUT2D eigenvalue weighted by atomic mass is 10.2. The largest absolute Gasteiger partial charge is 0.308 e. The van der Waals surface area contributed by atoms with E-state index in [-0.39, 0.29) is 0 Å². The molecule has 18 heavy (non-hydrogen) atoms. The lowest BCUT2D eigenvalue weighted by Crippen LogP contribution is -2.10. The van der Waals surface area contributed by atoms with Gasteiger partial charge in [-0.25, -0.2) is 15.8 Å². The minimum Gasteiger partial charge on any atom is -0.308 e. The Labute approximate surface area is 110 Å². The van der Waals surface area contributed by atoms with Crippen LogP contribution in [0, 0.1) is 0 Å². The fourth-order valence-corrected chi connectivity index (χ4v) is 2.08. The maximum Gasteiger partial charge on any atom is 0.161 e. The summed E-state index contributed by atoms with van der Waals surface area (Å²) < 4.78 is 0. The van der Waals surface area contributed by atoms with Crippen molar-refractivity contribution in [2.45, 2.75) is 18.8 Å². The van der Waals surface area contributed by atoms with Crippen LogP contribution in [0.1, 0.15) is 24.5 Å². The number of hydrogen-bond donors (Lipinski definition) is 2. The summed E-state index contributed by atoms with van der Waals surface area (Å²) >= 11 is 5.99. The topological polar surface area (TPSA) is 63.8 Å². The third-order valence-corrected chi connectivity index (χ3v) is 3.21. The van der Waals surface area contributed by atoms with Crippen molar-refractivity contribution in [2.75, 3.05) is 5.43 Å². The van der Waals surface area contributed by atoms with Crippen molar-refractivity contribution in [3.63, 3.8) is 0 Å². The molecule has 1 aliphatic carbocycles. The first-order valence-corrected chi connectivity index (χ1v) is 6.25. The maximum atomic E-state index is 5.99. The van der Waals surface area contributed by atoms with Crippen LogP contribution in [0.2, 0.25) is 5.02 Å². The number of anilines is 1. The van der Waals surface area contributed by atoms with Crippen LogP contribution in [-0.2, 0) is 0 Å². The van der Waals surface area contributed by atoms with Crippen molar-refractivity contribution in [1.82, 2.24) is 9.97 Å². The van der Waals surface area contributed by atoms with Crippen LogP contribution in [0.25, 0.3) is 11.4 Å². The monoisotopic (exact) mass is 260 g/mol. The van der Waals surface area contributed by atoms with Crippen molar-refractivity contribution in [1.29, 1.82) is 0 Å². The number of nitrogens with two attached hydrogens (primary N) is 1. The van der Waals surface area contributed by atoms with Crippen LogP contribution in [-0.4, -0.2) is 9.97 Å². The third kappa shape index (κ3) is 2.30. The second kappa shape index (κ2) is 4.55. The molecule has 0 aliphatic heterocycles.